The highest BCUT2D eigenvalue weighted by molar-refractivity contribution is 7.22. The van der Waals surface area contributed by atoms with Gasteiger partial charge in [-0.15, -0.1) is 10.2 Å². The zero-order valence-electron chi connectivity index (χ0n) is 10.5. The van der Waals surface area contributed by atoms with Crippen LogP contribution in [0.4, 0.5) is 10.8 Å². The lowest BCUT2D eigenvalue weighted by atomic mass is 10.3. The molecule has 1 aromatic carbocycles. The highest BCUT2D eigenvalue weighted by Crippen LogP contribution is 2.27. The zero-order valence-corrected chi connectivity index (χ0v) is 11.3. The van der Waals surface area contributed by atoms with Gasteiger partial charge in [-0.2, -0.15) is 0 Å². The highest BCUT2D eigenvalue weighted by Gasteiger charge is 2.05. The third kappa shape index (κ3) is 2.50. The van der Waals surface area contributed by atoms with Gasteiger partial charge in [-0.25, -0.2) is 4.98 Å². The number of benzene rings is 1. The first-order chi connectivity index (χ1) is 9.22. The van der Waals surface area contributed by atoms with Crippen LogP contribution in [-0.4, -0.2) is 26.3 Å². The molecule has 0 atom stereocenters. The van der Waals surface area contributed by atoms with E-state index < -0.39 is 0 Å². The van der Waals surface area contributed by atoms with Crippen LogP contribution in [-0.2, 0) is 13.5 Å². The number of nitrogen functional groups attached to an aromatic ring is 1. The van der Waals surface area contributed by atoms with Crippen molar-refractivity contribution in [2.75, 3.05) is 17.6 Å². The summed E-state index contributed by atoms with van der Waals surface area (Å²) in [6.45, 7) is 0.780. The lowest BCUT2D eigenvalue weighted by Gasteiger charge is -2.01. The molecule has 0 aliphatic carbocycles. The Bertz CT molecular complexity index is 701. The van der Waals surface area contributed by atoms with Gasteiger partial charge in [0.15, 0.2) is 5.13 Å². The fourth-order valence-electron chi connectivity index (χ4n) is 1.83. The molecular formula is C12H14N6S. The summed E-state index contributed by atoms with van der Waals surface area (Å²) in [5, 5.41) is 12.1. The van der Waals surface area contributed by atoms with Crippen molar-refractivity contribution in [2.45, 2.75) is 6.42 Å². The molecule has 0 spiro atoms. The summed E-state index contributed by atoms with van der Waals surface area (Å²) in [6.07, 6.45) is 2.52. The Morgan fingerprint density at radius 1 is 1.42 bits per heavy atom. The lowest BCUT2D eigenvalue weighted by molar-refractivity contribution is 0.788. The number of nitrogens with zero attached hydrogens (tertiary/aromatic N) is 4. The third-order valence-corrected chi connectivity index (χ3v) is 3.82. The number of hydrogen-bond acceptors (Lipinski definition) is 6. The van der Waals surface area contributed by atoms with Crippen LogP contribution >= 0.6 is 11.3 Å². The van der Waals surface area contributed by atoms with E-state index in [2.05, 4.69) is 20.5 Å². The quantitative estimate of drug-likeness (QED) is 0.707. The summed E-state index contributed by atoms with van der Waals surface area (Å²) in [6, 6.07) is 5.75. The van der Waals surface area contributed by atoms with Gasteiger partial charge in [0.05, 0.1) is 10.2 Å². The minimum Gasteiger partial charge on any atom is -0.399 e. The molecule has 0 bridgehead atoms. The predicted octanol–water partition coefficient (Wildman–Crippen LogP) is 1.66. The molecule has 0 unspecified atom stereocenters. The van der Waals surface area contributed by atoms with Crippen LogP contribution in [0, 0.1) is 0 Å². The molecule has 2 heterocycles. The van der Waals surface area contributed by atoms with Crippen molar-refractivity contribution in [2.24, 2.45) is 7.05 Å². The van der Waals surface area contributed by atoms with E-state index in [0.29, 0.717) is 0 Å². The molecule has 7 heteroatoms. The Balaban J connectivity index is 1.67. The van der Waals surface area contributed by atoms with Crippen molar-refractivity contribution in [3.05, 3.63) is 30.4 Å². The molecule has 0 amide bonds. The van der Waals surface area contributed by atoms with Gasteiger partial charge in [-0.05, 0) is 18.2 Å². The predicted molar refractivity (Wildman–Crippen MR) is 77.2 cm³/mol. The van der Waals surface area contributed by atoms with Gasteiger partial charge in [0.2, 0.25) is 0 Å². The Labute approximate surface area is 114 Å². The van der Waals surface area contributed by atoms with Gasteiger partial charge in [0.1, 0.15) is 12.2 Å². The minimum absolute atomic E-state index is 0.766. The van der Waals surface area contributed by atoms with Crippen molar-refractivity contribution in [1.29, 1.82) is 0 Å². The topological polar surface area (TPSA) is 81.7 Å². The van der Waals surface area contributed by atoms with E-state index in [0.717, 1.165) is 39.8 Å². The lowest BCUT2D eigenvalue weighted by Crippen LogP contribution is -2.08. The molecule has 0 aliphatic heterocycles. The molecule has 0 radical (unpaired) electrons. The fourth-order valence-corrected chi connectivity index (χ4v) is 2.77. The van der Waals surface area contributed by atoms with E-state index in [4.69, 9.17) is 5.73 Å². The average molecular weight is 274 g/mol. The minimum atomic E-state index is 0.766. The molecule has 3 aromatic rings. The Hall–Kier alpha value is -2.15. The molecule has 3 rings (SSSR count). The molecule has 6 nitrogen and oxygen atoms in total. The number of aromatic nitrogens is 4. The maximum absolute atomic E-state index is 5.75. The van der Waals surface area contributed by atoms with E-state index in [1.807, 2.05) is 29.8 Å². The van der Waals surface area contributed by atoms with Gasteiger partial charge in [-0.1, -0.05) is 11.3 Å². The first-order valence-corrected chi connectivity index (χ1v) is 6.77. The van der Waals surface area contributed by atoms with Crippen LogP contribution in [0.15, 0.2) is 24.5 Å². The van der Waals surface area contributed by atoms with Gasteiger partial charge in [-0.3, -0.25) is 0 Å². The first-order valence-electron chi connectivity index (χ1n) is 5.95. The monoisotopic (exact) mass is 274 g/mol. The van der Waals surface area contributed by atoms with Gasteiger partial charge in [0.25, 0.3) is 0 Å². The number of hydrogen-bond donors (Lipinski definition) is 2. The zero-order chi connectivity index (χ0) is 13.2. The van der Waals surface area contributed by atoms with Crippen LogP contribution < -0.4 is 11.1 Å². The molecule has 3 N–H and O–H groups in total. The summed E-state index contributed by atoms with van der Waals surface area (Å²) in [7, 11) is 1.94. The Morgan fingerprint density at radius 2 is 2.32 bits per heavy atom. The second-order valence-corrected chi connectivity index (χ2v) is 5.31. The molecule has 98 valence electrons. The molecule has 2 aromatic heterocycles. The maximum Gasteiger partial charge on any atom is 0.183 e. The number of fused-ring (bicyclic) bond motifs is 1. The van der Waals surface area contributed by atoms with Crippen LogP contribution in [0.25, 0.3) is 10.2 Å². The summed E-state index contributed by atoms with van der Waals surface area (Å²) in [5.41, 5.74) is 7.49. The standard InChI is InChI=1S/C12H14N6S/c1-18-7-15-17-11(18)4-5-14-12-16-9-3-2-8(13)6-10(9)19-12/h2-3,6-7H,4-5,13H2,1H3,(H,14,16). The van der Waals surface area contributed by atoms with Crippen LogP contribution in [0.1, 0.15) is 5.82 Å². The SMILES string of the molecule is Cn1cnnc1CCNc1nc2ccc(N)cc2s1. The molecular weight excluding hydrogens is 260 g/mol. The van der Waals surface area contributed by atoms with Gasteiger partial charge in [0, 0.05) is 25.7 Å². The summed E-state index contributed by atoms with van der Waals surface area (Å²) in [4.78, 5) is 4.50. The molecule has 0 saturated heterocycles. The van der Waals surface area contributed by atoms with Crippen molar-refractivity contribution >= 4 is 32.4 Å². The van der Waals surface area contributed by atoms with Crippen LogP contribution in [0.3, 0.4) is 0 Å². The average Bonchev–Trinajstić information content (AvgIpc) is 2.95. The molecule has 0 fully saturated rings. The van der Waals surface area contributed by atoms with E-state index >= 15 is 0 Å². The van der Waals surface area contributed by atoms with Crippen LogP contribution in [0.5, 0.6) is 0 Å². The highest BCUT2D eigenvalue weighted by atomic mass is 32.1. The number of aryl methyl sites for hydroxylation is 1. The normalized spacial score (nSPS) is 11.0. The first kappa shape index (κ1) is 11.9. The second-order valence-electron chi connectivity index (χ2n) is 4.28. The van der Waals surface area contributed by atoms with Crippen molar-refractivity contribution < 1.29 is 0 Å². The number of rotatable bonds is 4. The third-order valence-electron chi connectivity index (χ3n) is 2.84. The smallest absolute Gasteiger partial charge is 0.183 e. The van der Waals surface area contributed by atoms with E-state index in [-0.39, 0.29) is 0 Å². The largest absolute Gasteiger partial charge is 0.399 e. The number of nitrogens with one attached hydrogen (secondary N) is 1. The summed E-state index contributed by atoms with van der Waals surface area (Å²) < 4.78 is 3.02. The second kappa shape index (κ2) is 4.85. The van der Waals surface area contributed by atoms with Crippen molar-refractivity contribution in [3.63, 3.8) is 0 Å². The fraction of sp³-hybridized carbons (Fsp3) is 0.250. The summed E-state index contributed by atoms with van der Waals surface area (Å²) >= 11 is 1.61. The molecule has 0 saturated carbocycles. The maximum atomic E-state index is 5.75. The Morgan fingerprint density at radius 3 is 3.11 bits per heavy atom. The van der Waals surface area contributed by atoms with E-state index in [1.165, 1.54) is 0 Å². The van der Waals surface area contributed by atoms with E-state index in [9.17, 15) is 0 Å². The molecule has 0 aliphatic rings. The number of thiazole rings is 1. The van der Waals surface area contributed by atoms with E-state index in [1.54, 1.807) is 17.7 Å². The summed E-state index contributed by atoms with van der Waals surface area (Å²) in [5.74, 6) is 0.956. The number of nitrogens with two attached hydrogens (primary N) is 1. The van der Waals surface area contributed by atoms with Gasteiger partial charge < -0.3 is 15.6 Å². The Kier molecular flexibility index (Phi) is 3.04. The van der Waals surface area contributed by atoms with Crippen LogP contribution in [0.2, 0.25) is 0 Å². The molecule has 19 heavy (non-hydrogen) atoms. The van der Waals surface area contributed by atoms with Crippen molar-refractivity contribution in [1.82, 2.24) is 19.7 Å². The van der Waals surface area contributed by atoms with Crippen molar-refractivity contribution in [3.8, 4) is 0 Å². The van der Waals surface area contributed by atoms with Gasteiger partial charge >= 0.3 is 0 Å². The number of anilines is 2.